The highest BCUT2D eigenvalue weighted by atomic mass is 32.2. The minimum absolute atomic E-state index is 0.549. The molecule has 0 saturated heterocycles. The van der Waals surface area contributed by atoms with Crippen molar-refractivity contribution in [3.05, 3.63) is 0 Å². The first-order chi connectivity index (χ1) is 5.25. The molecule has 0 aliphatic rings. The summed E-state index contributed by atoms with van der Waals surface area (Å²) in [5, 5.41) is 8.56. The Morgan fingerprint density at radius 3 is 2.25 bits per heavy atom. The van der Waals surface area contributed by atoms with Crippen molar-refractivity contribution < 1.29 is 18.3 Å². The van der Waals surface area contributed by atoms with Crippen LogP contribution in [0.2, 0.25) is 0 Å². The average molecular weight is 190 g/mol. The first-order valence-corrected chi connectivity index (χ1v) is 4.80. The molecule has 0 aromatic rings. The van der Waals surface area contributed by atoms with Crippen LogP contribution in [0.25, 0.3) is 0 Å². The molecule has 68 valence electrons. The minimum atomic E-state index is -3.74. The van der Waals surface area contributed by atoms with Gasteiger partial charge in [-0.25, -0.2) is 8.42 Å². The van der Waals surface area contributed by atoms with Crippen LogP contribution in [0.5, 0.6) is 0 Å². The Bertz CT molecular complexity index is 318. The molecule has 0 heterocycles. The van der Waals surface area contributed by atoms with E-state index in [1.165, 1.54) is 0 Å². The van der Waals surface area contributed by atoms with Crippen LogP contribution in [0.3, 0.4) is 0 Å². The highest BCUT2D eigenvalue weighted by molar-refractivity contribution is 7.93. The van der Waals surface area contributed by atoms with Gasteiger partial charge in [0.15, 0.2) is 14.6 Å². The molecule has 0 aromatic heterocycles. The van der Waals surface area contributed by atoms with Gasteiger partial charge in [0, 0.05) is 0 Å². The van der Waals surface area contributed by atoms with E-state index in [4.69, 9.17) is 11.5 Å². The molecule has 0 aliphatic heterocycles. The summed E-state index contributed by atoms with van der Waals surface area (Å²) >= 11 is 0. The average Bonchev–Trinajstić information content (AvgIpc) is 1.86. The highest BCUT2D eigenvalue weighted by Gasteiger charge is 2.40. The first-order valence-electron chi connectivity index (χ1n) is 3.15. The second kappa shape index (κ2) is 3.15. The van der Waals surface area contributed by atoms with E-state index in [9.17, 15) is 13.2 Å². The van der Waals surface area contributed by atoms with Crippen LogP contribution in [0.15, 0.2) is 0 Å². The molecule has 1 N–H and O–H groups in total. The number of hydrogen-bond acceptors (Lipinski definition) is 3. The fourth-order valence-electron chi connectivity index (χ4n) is 0.423. The normalized spacial score (nSPS) is 12.1. The number of terminal acetylenes is 1. The predicted molar refractivity (Wildman–Crippen MR) is 44.3 cm³/mol. The molecule has 0 aliphatic carbocycles. The third kappa shape index (κ3) is 1.77. The van der Waals surface area contributed by atoms with Crippen molar-refractivity contribution in [2.24, 2.45) is 0 Å². The molecule has 5 heteroatoms. The number of aliphatic carboxylic acids is 1. The fourth-order valence-corrected chi connectivity index (χ4v) is 1.27. The monoisotopic (exact) mass is 190 g/mol. The first kappa shape index (κ1) is 11.0. The maximum atomic E-state index is 11.2. The van der Waals surface area contributed by atoms with Crippen LogP contribution < -0.4 is 0 Å². The van der Waals surface area contributed by atoms with Gasteiger partial charge in [-0.05, 0) is 13.8 Å². The molecule has 0 unspecified atom stereocenters. The number of hydrogen-bond donors (Lipinski definition) is 1. The summed E-state index contributed by atoms with van der Waals surface area (Å²) in [6.07, 6.45) is 4.79. The van der Waals surface area contributed by atoms with E-state index in [2.05, 4.69) is 0 Å². The summed E-state index contributed by atoms with van der Waals surface area (Å²) in [6.45, 7) is 2.23. The van der Waals surface area contributed by atoms with E-state index in [1.807, 2.05) is 5.92 Å². The largest absolute Gasteiger partial charge is 0.480 e. The third-order valence-corrected chi connectivity index (χ3v) is 3.84. The molecule has 0 spiro atoms. The van der Waals surface area contributed by atoms with Gasteiger partial charge in [-0.15, -0.1) is 6.42 Å². The number of carboxylic acids is 1. The van der Waals surface area contributed by atoms with Crippen LogP contribution in [0.4, 0.5) is 0 Å². The number of sulfone groups is 1. The lowest BCUT2D eigenvalue weighted by molar-refractivity contribution is -0.139. The SMILES string of the molecule is C#CCS(=O)(=O)C(C)(C)C(=O)O. The molecule has 12 heavy (non-hydrogen) atoms. The van der Waals surface area contributed by atoms with Gasteiger partial charge in [0.05, 0.1) is 0 Å². The fraction of sp³-hybridized carbons (Fsp3) is 0.571. The van der Waals surface area contributed by atoms with Crippen LogP contribution in [-0.2, 0) is 14.6 Å². The molecule has 0 saturated carbocycles. The molecule has 0 radical (unpaired) electrons. The maximum Gasteiger partial charge on any atom is 0.324 e. The van der Waals surface area contributed by atoms with Crippen LogP contribution >= 0.6 is 0 Å². The van der Waals surface area contributed by atoms with Gasteiger partial charge in [-0.1, -0.05) is 5.92 Å². The van der Waals surface area contributed by atoms with Crippen molar-refractivity contribution in [1.82, 2.24) is 0 Å². The van der Waals surface area contributed by atoms with Crippen molar-refractivity contribution in [3.63, 3.8) is 0 Å². The molecule has 0 rings (SSSR count). The zero-order valence-corrected chi connectivity index (χ0v) is 7.68. The minimum Gasteiger partial charge on any atom is -0.480 e. The number of carbonyl (C=O) groups is 1. The summed E-state index contributed by atoms with van der Waals surface area (Å²) in [5.74, 6) is -0.0226. The van der Waals surface area contributed by atoms with Crippen molar-refractivity contribution in [2.75, 3.05) is 5.75 Å². The Hall–Kier alpha value is -1.02. The highest BCUT2D eigenvalue weighted by Crippen LogP contribution is 2.16. The lowest BCUT2D eigenvalue weighted by atomic mass is 10.2. The summed E-state index contributed by atoms with van der Waals surface area (Å²) in [7, 11) is -3.74. The summed E-state index contributed by atoms with van der Waals surface area (Å²) in [5.41, 5.74) is 0. The van der Waals surface area contributed by atoms with Crippen molar-refractivity contribution >= 4 is 15.8 Å². The van der Waals surface area contributed by atoms with E-state index < -0.39 is 26.3 Å². The number of carboxylic acid groups (broad SMARTS) is 1. The zero-order valence-electron chi connectivity index (χ0n) is 6.86. The third-order valence-electron chi connectivity index (χ3n) is 1.57. The van der Waals surface area contributed by atoms with Gasteiger partial charge < -0.3 is 5.11 Å². The Morgan fingerprint density at radius 2 is 2.00 bits per heavy atom. The van der Waals surface area contributed by atoms with Crippen molar-refractivity contribution in [1.29, 1.82) is 0 Å². The molecule has 4 nitrogen and oxygen atoms in total. The van der Waals surface area contributed by atoms with E-state index in [1.54, 1.807) is 0 Å². The second-order valence-electron chi connectivity index (χ2n) is 2.78. The number of rotatable bonds is 3. The summed E-state index contributed by atoms with van der Waals surface area (Å²) in [4.78, 5) is 10.5. The maximum absolute atomic E-state index is 11.2. The van der Waals surface area contributed by atoms with Crippen molar-refractivity contribution in [3.8, 4) is 12.3 Å². The quantitative estimate of drug-likeness (QED) is 0.631. The van der Waals surface area contributed by atoms with E-state index in [0.717, 1.165) is 13.8 Å². The molecule has 0 amide bonds. The van der Waals surface area contributed by atoms with Gasteiger partial charge in [0.25, 0.3) is 0 Å². The van der Waals surface area contributed by atoms with Crippen LogP contribution in [0, 0.1) is 12.3 Å². The summed E-state index contributed by atoms with van der Waals surface area (Å²) < 4.78 is 20.5. The second-order valence-corrected chi connectivity index (χ2v) is 5.32. The Labute approximate surface area is 71.5 Å². The molecule has 0 fully saturated rings. The Balaban J connectivity index is 5.07. The van der Waals surface area contributed by atoms with Gasteiger partial charge in [0.2, 0.25) is 0 Å². The predicted octanol–water partition coefficient (Wildman–Crippen LogP) is -0.102. The summed E-state index contributed by atoms with van der Waals surface area (Å²) in [6, 6.07) is 0. The molecular formula is C7H10O4S. The van der Waals surface area contributed by atoms with E-state index in [-0.39, 0.29) is 0 Å². The van der Waals surface area contributed by atoms with E-state index >= 15 is 0 Å². The molecule has 0 aromatic carbocycles. The topological polar surface area (TPSA) is 71.4 Å². The lowest BCUT2D eigenvalue weighted by Crippen LogP contribution is -2.41. The van der Waals surface area contributed by atoms with Crippen LogP contribution in [-0.4, -0.2) is 30.0 Å². The zero-order chi connectivity index (χ0) is 9.99. The molecular weight excluding hydrogens is 180 g/mol. The Morgan fingerprint density at radius 1 is 1.58 bits per heavy atom. The van der Waals surface area contributed by atoms with Crippen molar-refractivity contribution in [2.45, 2.75) is 18.6 Å². The molecule has 0 atom stereocenters. The van der Waals surface area contributed by atoms with Gasteiger partial charge >= 0.3 is 5.97 Å². The van der Waals surface area contributed by atoms with Gasteiger partial charge in [0.1, 0.15) is 5.75 Å². The van der Waals surface area contributed by atoms with Gasteiger partial charge in [-0.2, -0.15) is 0 Å². The Kier molecular flexibility index (Phi) is 2.88. The van der Waals surface area contributed by atoms with E-state index in [0.29, 0.717) is 0 Å². The van der Waals surface area contributed by atoms with Gasteiger partial charge in [-0.3, -0.25) is 4.79 Å². The lowest BCUT2D eigenvalue weighted by Gasteiger charge is -2.17. The molecule has 0 bridgehead atoms. The standard InChI is InChI=1S/C7H10O4S/c1-4-5-12(10,11)7(2,3)6(8)9/h1H,5H2,2-3H3,(H,8,9). The smallest absolute Gasteiger partial charge is 0.324 e. The van der Waals surface area contributed by atoms with Crippen LogP contribution in [0.1, 0.15) is 13.8 Å².